The molecule has 0 N–H and O–H groups in total. The van der Waals surface area contributed by atoms with Crippen LogP contribution in [0.5, 0.6) is 0 Å². The Morgan fingerprint density at radius 2 is 1.83 bits per heavy atom. The number of allylic oxidation sites excluding steroid dienone is 1. The number of alkyl halides is 3. The van der Waals surface area contributed by atoms with E-state index in [9.17, 15) is 18.0 Å². The highest BCUT2D eigenvalue weighted by atomic mass is 35.5. The van der Waals surface area contributed by atoms with Crippen molar-refractivity contribution in [2.45, 2.75) is 12.6 Å². The van der Waals surface area contributed by atoms with E-state index in [0.29, 0.717) is 5.69 Å². The standard InChI is InChI=1S/C12H9ClF3NO/c13-10(12(14,15)16)9-6-7-17(11(9)18)8-4-2-1-3-5-8/h1-5H,6-7H2/b10-9-. The van der Waals surface area contributed by atoms with E-state index in [1.165, 1.54) is 4.90 Å². The van der Waals surface area contributed by atoms with E-state index in [0.717, 1.165) is 0 Å². The third-order valence-electron chi connectivity index (χ3n) is 2.67. The molecule has 1 fully saturated rings. The summed E-state index contributed by atoms with van der Waals surface area (Å²) in [5.41, 5.74) is 0.206. The summed E-state index contributed by atoms with van der Waals surface area (Å²) in [5, 5.41) is -1.31. The quantitative estimate of drug-likeness (QED) is 0.719. The minimum atomic E-state index is -4.67. The van der Waals surface area contributed by atoms with Crippen molar-refractivity contribution in [2.24, 2.45) is 0 Å². The number of benzene rings is 1. The average molecular weight is 276 g/mol. The van der Waals surface area contributed by atoms with Crippen LogP contribution in [-0.2, 0) is 4.79 Å². The van der Waals surface area contributed by atoms with Crippen LogP contribution in [0.4, 0.5) is 18.9 Å². The summed E-state index contributed by atoms with van der Waals surface area (Å²) in [7, 11) is 0. The summed E-state index contributed by atoms with van der Waals surface area (Å²) >= 11 is 5.22. The van der Waals surface area contributed by atoms with Gasteiger partial charge in [-0.05, 0) is 18.6 Å². The Hall–Kier alpha value is -1.49. The summed E-state index contributed by atoms with van der Waals surface area (Å²) in [4.78, 5) is 13.2. The third kappa shape index (κ3) is 2.36. The van der Waals surface area contributed by atoms with Crippen molar-refractivity contribution >= 4 is 23.2 Å². The van der Waals surface area contributed by atoms with E-state index in [2.05, 4.69) is 0 Å². The third-order valence-corrected chi connectivity index (χ3v) is 3.11. The Morgan fingerprint density at radius 3 is 2.39 bits per heavy atom. The molecule has 18 heavy (non-hydrogen) atoms. The number of para-hydroxylation sites is 1. The van der Waals surface area contributed by atoms with Gasteiger partial charge in [-0.1, -0.05) is 29.8 Å². The molecule has 1 saturated heterocycles. The minimum absolute atomic E-state index is 0.00602. The van der Waals surface area contributed by atoms with Gasteiger partial charge in [0.25, 0.3) is 5.91 Å². The fraction of sp³-hybridized carbons (Fsp3) is 0.250. The highest BCUT2D eigenvalue weighted by molar-refractivity contribution is 6.33. The predicted octanol–water partition coefficient (Wildman–Crippen LogP) is 3.48. The lowest BCUT2D eigenvalue weighted by molar-refractivity contribution is -0.115. The van der Waals surface area contributed by atoms with E-state index in [4.69, 9.17) is 11.6 Å². The Balaban J connectivity index is 2.31. The fourth-order valence-electron chi connectivity index (χ4n) is 1.82. The number of carbonyl (C=O) groups is 1. The van der Waals surface area contributed by atoms with E-state index in [-0.39, 0.29) is 18.5 Å². The summed E-state index contributed by atoms with van der Waals surface area (Å²) in [6.07, 6.45) is -4.66. The molecule has 1 aromatic carbocycles. The first-order valence-corrected chi connectivity index (χ1v) is 5.62. The number of hydrogen-bond acceptors (Lipinski definition) is 1. The van der Waals surface area contributed by atoms with Crippen molar-refractivity contribution in [1.82, 2.24) is 0 Å². The molecule has 0 atom stereocenters. The zero-order valence-corrected chi connectivity index (χ0v) is 9.92. The Kier molecular flexibility index (Phi) is 3.34. The highest BCUT2D eigenvalue weighted by Gasteiger charge is 2.40. The van der Waals surface area contributed by atoms with Gasteiger partial charge in [0.05, 0.1) is 0 Å². The Morgan fingerprint density at radius 1 is 1.22 bits per heavy atom. The molecule has 96 valence electrons. The molecule has 1 aliphatic rings. The molecule has 1 aliphatic heterocycles. The van der Waals surface area contributed by atoms with Crippen LogP contribution in [0.15, 0.2) is 40.9 Å². The minimum Gasteiger partial charge on any atom is -0.308 e. The molecule has 0 saturated carbocycles. The second-order valence-electron chi connectivity index (χ2n) is 3.83. The van der Waals surface area contributed by atoms with Crippen molar-refractivity contribution < 1.29 is 18.0 Å². The lowest BCUT2D eigenvalue weighted by atomic mass is 10.2. The van der Waals surface area contributed by atoms with Crippen LogP contribution >= 0.6 is 11.6 Å². The maximum absolute atomic E-state index is 12.4. The molecular formula is C12H9ClF3NO. The molecule has 1 amide bonds. The first-order chi connectivity index (χ1) is 8.41. The molecular weight excluding hydrogens is 267 g/mol. The zero-order valence-electron chi connectivity index (χ0n) is 9.17. The van der Waals surface area contributed by atoms with Crippen LogP contribution in [0.3, 0.4) is 0 Å². The van der Waals surface area contributed by atoms with Crippen LogP contribution in [0, 0.1) is 0 Å². The zero-order chi connectivity index (χ0) is 13.3. The maximum Gasteiger partial charge on any atom is 0.427 e. The van der Waals surface area contributed by atoms with Gasteiger partial charge in [0.15, 0.2) is 0 Å². The van der Waals surface area contributed by atoms with Crippen molar-refractivity contribution in [2.75, 3.05) is 11.4 Å². The number of nitrogens with zero attached hydrogens (tertiary/aromatic N) is 1. The number of amides is 1. The largest absolute Gasteiger partial charge is 0.427 e. The molecule has 0 aromatic heterocycles. The summed E-state index contributed by atoms with van der Waals surface area (Å²) in [5.74, 6) is -0.677. The molecule has 0 spiro atoms. The van der Waals surface area contributed by atoms with Crippen molar-refractivity contribution in [3.8, 4) is 0 Å². The normalized spacial score (nSPS) is 19.3. The lowest BCUT2D eigenvalue weighted by Gasteiger charge is -2.15. The van der Waals surface area contributed by atoms with Gasteiger partial charge >= 0.3 is 6.18 Å². The SMILES string of the molecule is O=C1/C(=C(\Cl)C(F)(F)F)CCN1c1ccccc1. The summed E-state index contributed by atoms with van der Waals surface area (Å²) in [6.45, 7) is 0.213. The van der Waals surface area contributed by atoms with Gasteiger partial charge in [-0.2, -0.15) is 13.2 Å². The highest BCUT2D eigenvalue weighted by Crippen LogP contribution is 2.36. The van der Waals surface area contributed by atoms with Crippen LogP contribution in [0.1, 0.15) is 6.42 Å². The van der Waals surface area contributed by atoms with Crippen LogP contribution < -0.4 is 4.90 Å². The van der Waals surface area contributed by atoms with Crippen LogP contribution in [-0.4, -0.2) is 18.6 Å². The van der Waals surface area contributed by atoms with Gasteiger partial charge in [-0.3, -0.25) is 4.79 Å². The fourth-order valence-corrected chi connectivity index (χ4v) is 2.00. The monoisotopic (exact) mass is 275 g/mol. The first kappa shape index (κ1) is 13.0. The van der Waals surface area contributed by atoms with Crippen LogP contribution in [0.2, 0.25) is 0 Å². The van der Waals surface area contributed by atoms with Gasteiger partial charge in [-0.25, -0.2) is 0 Å². The number of rotatable bonds is 1. The molecule has 0 radical (unpaired) electrons. The number of hydrogen-bond donors (Lipinski definition) is 0. The number of anilines is 1. The van der Waals surface area contributed by atoms with Crippen molar-refractivity contribution in [3.63, 3.8) is 0 Å². The van der Waals surface area contributed by atoms with Crippen LogP contribution in [0.25, 0.3) is 0 Å². The van der Waals surface area contributed by atoms with E-state index in [1.807, 2.05) is 0 Å². The second-order valence-corrected chi connectivity index (χ2v) is 4.21. The topological polar surface area (TPSA) is 20.3 Å². The van der Waals surface area contributed by atoms with Gasteiger partial charge in [0.2, 0.25) is 0 Å². The van der Waals surface area contributed by atoms with E-state index in [1.54, 1.807) is 30.3 Å². The summed E-state index contributed by atoms with van der Waals surface area (Å²) < 4.78 is 37.3. The first-order valence-electron chi connectivity index (χ1n) is 5.24. The van der Waals surface area contributed by atoms with Gasteiger partial charge in [-0.15, -0.1) is 0 Å². The smallest absolute Gasteiger partial charge is 0.308 e. The Bertz CT molecular complexity index is 496. The second kappa shape index (κ2) is 4.65. The maximum atomic E-state index is 12.4. The molecule has 6 heteroatoms. The molecule has 1 heterocycles. The van der Waals surface area contributed by atoms with Crippen molar-refractivity contribution in [3.05, 3.63) is 40.9 Å². The Labute approximate surface area is 107 Å². The molecule has 0 bridgehead atoms. The molecule has 2 nitrogen and oxygen atoms in total. The van der Waals surface area contributed by atoms with E-state index < -0.39 is 17.1 Å². The molecule has 2 rings (SSSR count). The average Bonchev–Trinajstić information content (AvgIpc) is 2.70. The van der Waals surface area contributed by atoms with Gasteiger partial charge in [0, 0.05) is 17.8 Å². The predicted molar refractivity (Wildman–Crippen MR) is 62.3 cm³/mol. The number of carbonyl (C=O) groups excluding carboxylic acids is 1. The lowest BCUT2D eigenvalue weighted by Crippen LogP contribution is -2.25. The molecule has 0 aliphatic carbocycles. The molecule has 0 unspecified atom stereocenters. The summed E-state index contributed by atoms with van der Waals surface area (Å²) in [6, 6.07) is 8.54. The van der Waals surface area contributed by atoms with Gasteiger partial charge < -0.3 is 4.90 Å². The van der Waals surface area contributed by atoms with Crippen molar-refractivity contribution in [1.29, 1.82) is 0 Å². The number of halogens is 4. The molecule has 1 aromatic rings. The van der Waals surface area contributed by atoms with E-state index >= 15 is 0 Å². The van der Waals surface area contributed by atoms with Gasteiger partial charge in [0.1, 0.15) is 5.03 Å².